The van der Waals surface area contributed by atoms with Crippen molar-refractivity contribution in [2.24, 2.45) is 5.92 Å². The molecule has 40 heavy (non-hydrogen) atoms. The molecule has 0 bridgehead atoms. The largest absolute Gasteiger partial charge is 0.358 e. The summed E-state index contributed by atoms with van der Waals surface area (Å²) in [6, 6.07) is 13.7. The van der Waals surface area contributed by atoms with E-state index < -0.39 is 0 Å². The minimum absolute atomic E-state index is 0.332. The molecule has 0 atom stereocenters. The summed E-state index contributed by atoms with van der Waals surface area (Å²) in [6.45, 7) is 15.1. The lowest BCUT2D eigenvalue weighted by atomic mass is 9.91. The van der Waals surface area contributed by atoms with Crippen LogP contribution >= 0.6 is 11.3 Å². The number of aromatic nitrogens is 4. The fourth-order valence-electron chi connectivity index (χ4n) is 5.91. The van der Waals surface area contributed by atoms with E-state index in [1.54, 1.807) is 0 Å². The van der Waals surface area contributed by atoms with Crippen molar-refractivity contribution < 1.29 is 0 Å². The number of benzene rings is 3. The summed E-state index contributed by atoms with van der Waals surface area (Å²) < 4.78 is 1.38. The molecule has 0 amide bonds. The van der Waals surface area contributed by atoms with E-state index >= 15 is 0 Å². The second-order valence-electron chi connectivity index (χ2n) is 11.6. The van der Waals surface area contributed by atoms with Gasteiger partial charge in [-0.3, -0.25) is 0 Å². The van der Waals surface area contributed by atoms with E-state index in [-0.39, 0.29) is 0 Å². The first-order chi connectivity index (χ1) is 19.3. The Morgan fingerprint density at radius 2 is 1.75 bits per heavy atom. The second-order valence-corrected chi connectivity index (χ2v) is 12.7. The van der Waals surface area contributed by atoms with Gasteiger partial charge in [0.1, 0.15) is 5.82 Å². The van der Waals surface area contributed by atoms with Crippen molar-refractivity contribution in [1.82, 2.24) is 20.2 Å². The van der Waals surface area contributed by atoms with Gasteiger partial charge in [-0.05, 0) is 65.3 Å². The Bertz CT molecular complexity index is 1970. The Hall–Kier alpha value is -4.03. The zero-order valence-electron chi connectivity index (χ0n) is 23.6. The van der Waals surface area contributed by atoms with Gasteiger partial charge in [-0.1, -0.05) is 58.5 Å². The predicted octanol–water partition coefficient (Wildman–Crippen LogP) is 9.17. The molecule has 5 nitrogen and oxygen atoms in total. The highest BCUT2D eigenvalue weighted by atomic mass is 32.1. The monoisotopic (exact) mass is 543 g/mol. The maximum atomic E-state index is 5.00. The van der Waals surface area contributed by atoms with Crippen LogP contribution in [-0.4, -0.2) is 20.2 Å². The summed E-state index contributed by atoms with van der Waals surface area (Å²) >= 11 is 1.89. The van der Waals surface area contributed by atoms with Gasteiger partial charge in [0, 0.05) is 54.3 Å². The number of imidazole rings is 1. The lowest BCUT2D eigenvalue weighted by Crippen LogP contribution is -2.06. The molecule has 1 aliphatic rings. The second kappa shape index (κ2) is 9.27. The van der Waals surface area contributed by atoms with Crippen LogP contribution < -0.4 is 5.32 Å². The van der Waals surface area contributed by atoms with Crippen molar-refractivity contribution in [3.8, 4) is 21.7 Å². The zero-order valence-corrected chi connectivity index (χ0v) is 24.5. The molecule has 0 fully saturated rings. The molecule has 0 spiro atoms. The van der Waals surface area contributed by atoms with Crippen LogP contribution in [0, 0.1) is 12.8 Å². The van der Waals surface area contributed by atoms with Gasteiger partial charge >= 0.3 is 0 Å². The molecule has 0 radical (unpaired) electrons. The molecule has 200 valence electrons. The molecule has 3 aromatic carbocycles. The number of hydrogen-bond acceptors (Lipinski definition) is 5. The number of allylic oxidation sites excluding steroid dienone is 1. The minimum Gasteiger partial charge on any atom is -0.358 e. The van der Waals surface area contributed by atoms with E-state index in [0.717, 1.165) is 46.5 Å². The minimum atomic E-state index is 0.332. The highest BCUT2D eigenvalue weighted by molar-refractivity contribution is 7.22. The molecule has 3 heterocycles. The van der Waals surface area contributed by atoms with E-state index in [4.69, 9.17) is 4.98 Å². The molecule has 0 aliphatic heterocycles. The van der Waals surface area contributed by atoms with E-state index in [9.17, 15) is 0 Å². The Morgan fingerprint density at radius 3 is 2.52 bits per heavy atom. The first-order valence-corrected chi connectivity index (χ1v) is 14.9. The molecule has 6 heteroatoms. The molecule has 0 unspecified atom stereocenters. The van der Waals surface area contributed by atoms with Crippen LogP contribution in [0.5, 0.6) is 0 Å². The molecule has 7 rings (SSSR count). The molecule has 3 aromatic heterocycles. The van der Waals surface area contributed by atoms with E-state index in [1.165, 1.54) is 53.7 Å². The number of anilines is 1. The first-order valence-electron chi connectivity index (χ1n) is 14.1. The molecular formula is C34H33N5S. The Kier molecular flexibility index (Phi) is 5.79. The van der Waals surface area contributed by atoms with Gasteiger partial charge in [0.2, 0.25) is 0 Å². The van der Waals surface area contributed by atoms with Gasteiger partial charge in [-0.25, -0.2) is 4.98 Å². The van der Waals surface area contributed by atoms with Crippen LogP contribution in [0.2, 0.25) is 0 Å². The summed E-state index contributed by atoms with van der Waals surface area (Å²) in [4.78, 5) is 9.86. The number of H-pyrrole nitrogens is 1. The predicted molar refractivity (Wildman–Crippen MR) is 169 cm³/mol. The average molecular weight is 544 g/mol. The standard InChI is InChI=1S/C34H33N5S/c1-17(2)20(6)37-31-19(5)27-15-35-36-16-28(27)26-13-21(7-9-24(26)31)30-14-22-8-10-23-25(33(22)40-30)11-12-29-32(23)39-34(38-29)18(3)4/h7-10,13-18,37H,6,11-12H2,1-5H3,(H,38,39). The van der Waals surface area contributed by atoms with Crippen molar-refractivity contribution in [2.75, 3.05) is 5.32 Å². The van der Waals surface area contributed by atoms with Gasteiger partial charge in [-0.2, -0.15) is 10.2 Å². The molecular weight excluding hydrogens is 510 g/mol. The summed E-state index contributed by atoms with van der Waals surface area (Å²) in [7, 11) is 0. The smallest absolute Gasteiger partial charge is 0.109 e. The highest BCUT2D eigenvalue weighted by Crippen LogP contribution is 2.44. The molecule has 0 saturated carbocycles. The van der Waals surface area contributed by atoms with Crippen molar-refractivity contribution >= 4 is 48.7 Å². The van der Waals surface area contributed by atoms with Crippen LogP contribution in [0.3, 0.4) is 0 Å². The number of aryl methyl sites for hydroxylation is 3. The molecule has 0 saturated heterocycles. The normalized spacial score (nSPS) is 13.0. The maximum Gasteiger partial charge on any atom is 0.109 e. The number of aromatic amines is 1. The van der Waals surface area contributed by atoms with Crippen molar-refractivity contribution in [1.29, 1.82) is 0 Å². The lowest BCUT2D eigenvalue weighted by Gasteiger charge is -2.19. The lowest BCUT2D eigenvalue weighted by molar-refractivity contribution is 0.778. The summed E-state index contributed by atoms with van der Waals surface area (Å²) in [6.07, 6.45) is 5.81. The van der Waals surface area contributed by atoms with Crippen molar-refractivity contribution in [3.05, 3.63) is 83.7 Å². The summed E-state index contributed by atoms with van der Waals surface area (Å²) in [5.41, 5.74) is 9.61. The van der Waals surface area contributed by atoms with Gasteiger partial charge in [0.05, 0.1) is 18.1 Å². The number of thiophene rings is 1. The quantitative estimate of drug-likeness (QED) is 0.213. The van der Waals surface area contributed by atoms with E-state index in [0.29, 0.717) is 11.8 Å². The van der Waals surface area contributed by atoms with Gasteiger partial charge in [0.15, 0.2) is 0 Å². The maximum absolute atomic E-state index is 5.00. The zero-order chi connectivity index (χ0) is 27.7. The number of rotatable bonds is 5. The SMILES string of the molecule is C=C(Nc1c(C)c2cnncc2c2cc(-c3cc4ccc5c(c4s3)CCc3[nH]c(C(C)C)nc3-5)ccc12)C(C)C. The third-order valence-electron chi connectivity index (χ3n) is 8.37. The Morgan fingerprint density at radius 1 is 0.950 bits per heavy atom. The van der Waals surface area contributed by atoms with Gasteiger partial charge in [0.25, 0.3) is 0 Å². The summed E-state index contributed by atoms with van der Waals surface area (Å²) in [5, 5.41) is 18.0. The van der Waals surface area contributed by atoms with Gasteiger partial charge < -0.3 is 10.3 Å². The van der Waals surface area contributed by atoms with Gasteiger partial charge in [-0.15, -0.1) is 11.3 Å². The first kappa shape index (κ1) is 25.0. The van der Waals surface area contributed by atoms with E-state index in [1.807, 2.05) is 23.7 Å². The topological polar surface area (TPSA) is 66.5 Å². The van der Waals surface area contributed by atoms with Crippen LogP contribution in [0.1, 0.15) is 56.3 Å². The molecule has 6 aromatic rings. The highest BCUT2D eigenvalue weighted by Gasteiger charge is 2.24. The van der Waals surface area contributed by atoms with Crippen LogP contribution in [0.4, 0.5) is 5.69 Å². The number of nitrogens with one attached hydrogen (secondary N) is 2. The van der Waals surface area contributed by atoms with Crippen molar-refractivity contribution in [3.63, 3.8) is 0 Å². The van der Waals surface area contributed by atoms with Crippen LogP contribution in [0.15, 0.2) is 61.1 Å². The molecule has 1 aliphatic carbocycles. The third-order valence-corrected chi connectivity index (χ3v) is 9.63. The summed E-state index contributed by atoms with van der Waals surface area (Å²) in [5.74, 6) is 1.81. The Labute approximate surface area is 238 Å². The van der Waals surface area contributed by atoms with Crippen LogP contribution in [-0.2, 0) is 12.8 Å². The third kappa shape index (κ3) is 3.85. The fraction of sp³-hybridized carbons (Fsp3) is 0.265. The van der Waals surface area contributed by atoms with Crippen molar-refractivity contribution in [2.45, 2.75) is 53.4 Å². The number of fused-ring (bicyclic) bond motifs is 8. The van der Waals surface area contributed by atoms with Crippen LogP contribution in [0.25, 0.3) is 53.3 Å². The number of hydrogen-bond donors (Lipinski definition) is 2. The Balaban J connectivity index is 1.38. The number of nitrogens with zero attached hydrogens (tertiary/aromatic N) is 3. The average Bonchev–Trinajstić information content (AvgIpc) is 3.60. The molecule has 2 N–H and O–H groups in total. The fourth-order valence-corrected chi connectivity index (χ4v) is 7.14. The van der Waals surface area contributed by atoms with E-state index in [2.05, 4.69) is 98.1 Å².